The van der Waals surface area contributed by atoms with Crippen LogP contribution in [-0.4, -0.2) is 17.6 Å². The van der Waals surface area contributed by atoms with Crippen LogP contribution in [0.2, 0.25) is 0 Å². The summed E-state index contributed by atoms with van der Waals surface area (Å²) in [6, 6.07) is 9.47. The summed E-state index contributed by atoms with van der Waals surface area (Å²) in [4.78, 5) is 12.1. The van der Waals surface area contributed by atoms with Gasteiger partial charge in [-0.05, 0) is 38.1 Å². The van der Waals surface area contributed by atoms with Crippen LogP contribution < -0.4 is 4.74 Å². The molecule has 1 aromatic carbocycles. The van der Waals surface area contributed by atoms with Crippen molar-refractivity contribution in [3.63, 3.8) is 0 Å². The number of aryl methyl sites for hydroxylation is 2. The van der Waals surface area contributed by atoms with Gasteiger partial charge in [0.15, 0.2) is 0 Å². The molecule has 0 radical (unpaired) electrons. The Labute approximate surface area is 118 Å². The van der Waals surface area contributed by atoms with Gasteiger partial charge in [0.2, 0.25) is 0 Å². The van der Waals surface area contributed by atoms with Crippen LogP contribution in [-0.2, 0) is 18.4 Å². The van der Waals surface area contributed by atoms with Gasteiger partial charge in [-0.3, -0.25) is 0 Å². The SMILES string of the molecule is COc1ccc(C)cc1COC(=O)c1ccc(C)n1C. The summed E-state index contributed by atoms with van der Waals surface area (Å²) < 4.78 is 12.5. The minimum Gasteiger partial charge on any atom is -0.496 e. The van der Waals surface area contributed by atoms with E-state index in [2.05, 4.69) is 0 Å². The van der Waals surface area contributed by atoms with Crippen LogP contribution in [0.4, 0.5) is 0 Å². The molecule has 0 fully saturated rings. The summed E-state index contributed by atoms with van der Waals surface area (Å²) in [5.74, 6) is 0.399. The first kappa shape index (κ1) is 14.2. The second-order valence-corrected chi connectivity index (χ2v) is 4.81. The highest BCUT2D eigenvalue weighted by molar-refractivity contribution is 5.87. The minimum absolute atomic E-state index is 0.202. The molecular weight excluding hydrogens is 254 g/mol. The van der Waals surface area contributed by atoms with Gasteiger partial charge >= 0.3 is 5.97 Å². The number of esters is 1. The Bertz CT molecular complexity index is 629. The summed E-state index contributed by atoms with van der Waals surface area (Å²) in [6.45, 7) is 4.14. The van der Waals surface area contributed by atoms with E-state index in [1.54, 1.807) is 13.2 Å². The maximum Gasteiger partial charge on any atom is 0.355 e. The second-order valence-electron chi connectivity index (χ2n) is 4.81. The van der Waals surface area contributed by atoms with Crippen LogP contribution in [0.25, 0.3) is 0 Å². The van der Waals surface area contributed by atoms with Gasteiger partial charge in [-0.15, -0.1) is 0 Å². The molecule has 1 heterocycles. The molecule has 0 aliphatic carbocycles. The average Bonchev–Trinajstić information content (AvgIpc) is 2.76. The molecular formula is C16H19NO3. The van der Waals surface area contributed by atoms with Gasteiger partial charge in [0.25, 0.3) is 0 Å². The summed E-state index contributed by atoms with van der Waals surface area (Å²) >= 11 is 0. The molecule has 0 saturated heterocycles. The van der Waals surface area contributed by atoms with Crippen molar-refractivity contribution in [2.75, 3.05) is 7.11 Å². The normalized spacial score (nSPS) is 10.4. The van der Waals surface area contributed by atoms with Gasteiger partial charge in [0.1, 0.15) is 18.1 Å². The maximum absolute atomic E-state index is 12.1. The number of carbonyl (C=O) groups excluding carboxylic acids is 1. The molecule has 106 valence electrons. The quantitative estimate of drug-likeness (QED) is 0.804. The lowest BCUT2D eigenvalue weighted by molar-refractivity contribution is 0.0458. The molecule has 4 heteroatoms. The first-order chi connectivity index (χ1) is 9.52. The largest absolute Gasteiger partial charge is 0.496 e. The topological polar surface area (TPSA) is 40.5 Å². The third-order valence-corrected chi connectivity index (χ3v) is 3.38. The van der Waals surface area contributed by atoms with E-state index in [9.17, 15) is 4.79 Å². The molecule has 0 aliphatic rings. The van der Waals surface area contributed by atoms with Gasteiger partial charge in [-0.1, -0.05) is 11.6 Å². The monoisotopic (exact) mass is 273 g/mol. The minimum atomic E-state index is -0.329. The summed E-state index contributed by atoms with van der Waals surface area (Å²) in [5.41, 5.74) is 3.54. The molecule has 20 heavy (non-hydrogen) atoms. The van der Waals surface area contributed by atoms with E-state index in [0.29, 0.717) is 5.69 Å². The fourth-order valence-corrected chi connectivity index (χ4v) is 2.06. The molecule has 0 unspecified atom stereocenters. The number of methoxy groups -OCH3 is 1. The summed E-state index contributed by atoms with van der Waals surface area (Å²) in [5, 5.41) is 0. The van der Waals surface area contributed by atoms with Crippen LogP contribution in [0.15, 0.2) is 30.3 Å². The molecule has 0 spiro atoms. The molecule has 0 amide bonds. The molecule has 0 saturated carbocycles. The molecule has 1 aromatic heterocycles. The Balaban J connectivity index is 2.11. The van der Waals surface area contributed by atoms with E-state index in [4.69, 9.17) is 9.47 Å². The van der Waals surface area contributed by atoms with E-state index in [1.807, 2.05) is 49.7 Å². The Kier molecular flexibility index (Phi) is 4.13. The van der Waals surface area contributed by atoms with Crippen molar-refractivity contribution >= 4 is 5.97 Å². The van der Waals surface area contributed by atoms with Gasteiger partial charge in [0.05, 0.1) is 7.11 Å². The van der Waals surface area contributed by atoms with Crippen LogP contribution in [0.3, 0.4) is 0 Å². The Morgan fingerprint density at radius 2 is 1.95 bits per heavy atom. The number of benzene rings is 1. The maximum atomic E-state index is 12.1. The van der Waals surface area contributed by atoms with Crippen LogP contribution in [0.1, 0.15) is 27.3 Å². The zero-order chi connectivity index (χ0) is 14.7. The van der Waals surface area contributed by atoms with E-state index < -0.39 is 0 Å². The standard InChI is InChI=1S/C16H19NO3/c1-11-5-8-15(19-4)13(9-11)10-20-16(18)14-7-6-12(2)17(14)3/h5-9H,10H2,1-4H3. The second kappa shape index (κ2) is 5.82. The third kappa shape index (κ3) is 2.85. The molecule has 2 rings (SSSR count). The Morgan fingerprint density at radius 3 is 2.55 bits per heavy atom. The van der Waals surface area contributed by atoms with Crippen molar-refractivity contribution in [1.29, 1.82) is 0 Å². The van der Waals surface area contributed by atoms with Crippen molar-refractivity contribution in [3.8, 4) is 5.75 Å². The van der Waals surface area contributed by atoms with Gasteiger partial charge in [0, 0.05) is 18.3 Å². The zero-order valence-corrected chi connectivity index (χ0v) is 12.3. The average molecular weight is 273 g/mol. The molecule has 0 aliphatic heterocycles. The predicted octanol–water partition coefficient (Wildman–Crippen LogP) is 3.01. The number of carbonyl (C=O) groups is 1. The Morgan fingerprint density at radius 1 is 1.20 bits per heavy atom. The lowest BCUT2D eigenvalue weighted by atomic mass is 10.1. The predicted molar refractivity (Wildman–Crippen MR) is 77.0 cm³/mol. The first-order valence-electron chi connectivity index (χ1n) is 6.46. The highest BCUT2D eigenvalue weighted by Crippen LogP contribution is 2.21. The highest BCUT2D eigenvalue weighted by atomic mass is 16.5. The third-order valence-electron chi connectivity index (χ3n) is 3.38. The fourth-order valence-electron chi connectivity index (χ4n) is 2.06. The highest BCUT2D eigenvalue weighted by Gasteiger charge is 2.13. The number of nitrogens with zero attached hydrogens (tertiary/aromatic N) is 1. The molecule has 0 bridgehead atoms. The zero-order valence-electron chi connectivity index (χ0n) is 12.3. The number of hydrogen-bond donors (Lipinski definition) is 0. The molecule has 2 aromatic rings. The van der Waals surface area contributed by atoms with Crippen molar-refractivity contribution in [1.82, 2.24) is 4.57 Å². The van der Waals surface area contributed by atoms with E-state index in [1.165, 1.54) is 0 Å². The number of hydrogen-bond acceptors (Lipinski definition) is 3. The van der Waals surface area contributed by atoms with Crippen molar-refractivity contribution in [2.24, 2.45) is 7.05 Å². The van der Waals surface area contributed by atoms with Crippen LogP contribution in [0.5, 0.6) is 5.75 Å². The smallest absolute Gasteiger partial charge is 0.355 e. The van der Waals surface area contributed by atoms with Crippen molar-refractivity contribution in [3.05, 3.63) is 52.8 Å². The Hall–Kier alpha value is -2.23. The van der Waals surface area contributed by atoms with Crippen molar-refractivity contribution in [2.45, 2.75) is 20.5 Å². The lowest BCUT2D eigenvalue weighted by Gasteiger charge is -2.11. The number of rotatable bonds is 4. The van der Waals surface area contributed by atoms with Crippen molar-refractivity contribution < 1.29 is 14.3 Å². The molecule has 0 N–H and O–H groups in total. The number of aromatic nitrogens is 1. The first-order valence-corrected chi connectivity index (χ1v) is 6.46. The number of ether oxygens (including phenoxy) is 2. The van der Waals surface area contributed by atoms with E-state index in [0.717, 1.165) is 22.6 Å². The van der Waals surface area contributed by atoms with Crippen LogP contribution in [0, 0.1) is 13.8 Å². The van der Waals surface area contributed by atoms with E-state index >= 15 is 0 Å². The fraction of sp³-hybridized carbons (Fsp3) is 0.312. The summed E-state index contributed by atoms with van der Waals surface area (Å²) in [6.07, 6.45) is 0. The molecule has 0 atom stereocenters. The van der Waals surface area contributed by atoms with Gasteiger partial charge in [-0.2, -0.15) is 0 Å². The lowest BCUT2D eigenvalue weighted by Crippen LogP contribution is -2.11. The van der Waals surface area contributed by atoms with E-state index in [-0.39, 0.29) is 12.6 Å². The van der Waals surface area contributed by atoms with Crippen LogP contribution >= 0.6 is 0 Å². The molecule has 4 nitrogen and oxygen atoms in total. The summed E-state index contributed by atoms with van der Waals surface area (Å²) in [7, 11) is 3.45. The van der Waals surface area contributed by atoms with Gasteiger partial charge in [-0.25, -0.2) is 4.79 Å². The van der Waals surface area contributed by atoms with Gasteiger partial charge < -0.3 is 14.0 Å².